The van der Waals surface area contributed by atoms with Crippen molar-refractivity contribution >= 4 is 21.4 Å². The number of nitroso groups, excluding NO2 is 1. The smallest absolute Gasteiger partial charge is 0.264 e. The molecule has 0 saturated heterocycles. The summed E-state index contributed by atoms with van der Waals surface area (Å²) in [6.07, 6.45) is 0.456. The molecule has 4 aromatic rings. The van der Waals surface area contributed by atoms with Crippen molar-refractivity contribution in [1.29, 1.82) is 0 Å². The van der Waals surface area contributed by atoms with Gasteiger partial charge in [0.15, 0.2) is 0 Å². The van der Waals surface area contributed by atoms with Crippen LogP contribution in [-0.4, -0.2) is 21.6 Å². The zero-order valence-corrected chi connectivity index (χ0v) is 20.3. The number of hydrogen-bond acceptors (Lipinski definition) is 5. The molecule has 4 rings (SSSR count). The summed E-state index contributed by atoms with van der Waals surface area (Å²) in [6.45, 7) is 0.975. The number of nitrogens with zero attached hydrogens (tertiary/aromatic N) is 2. The number of ether oxygens (including phenoxy) is 1. The maximum Gasteiger partial charge on any atom is 0.264 e. The van der Waals surface area contributed by atoms with Gasteiger partial charge in [-0.3, -0.25) is 4.31 Å². The Morgan fingerprint density at radius 3 is 2.22 bits per heavy atom. The molecule has 4 aromatic carbocycles. The molecule has 0 fully saturated rings. The van der Waals surface area contributed by atoms with Gasteiger partial charge >= 0.3 is 0 Å². The molecule has 0 N–H and O–H groups in total. The Balaban J connectivity index is 1.56. The average Bonchev–Trinajstić information content (AvgIpc) is 2.92. The Labute approximate surface area is 210 Å². The molecule has 0 heterocycles. The SMILES string of the molecule is O=Nc1ccc(N(CCCOCc2ccccc2)S(=O)(=O)c2cccc(-c3ccc(F)cc3)c2)cc1. The first-order valence-corrected chi connectivity index (χ1v) is 12.9. The summed E-state index contributed by atoms with van der Waals surface area (Å²) in [6, 6.07) is 28.2. The van der Waals surface area contributed by atoms with Gasteiger partial charge in [0, 0.05) is 13.2 Å². The molecule has 0 aliphatic rings. The predicted octanol–water partition coefficient (Wildman–Crippen LogP) is 6.69. The summed E-state index contributed by atoms with van der Waals surface area (Å²) in [5.74, 6) is -0.364. The number of benzene rings is 4. The zero-order valence-electron chi connectivity index (χ0n) is 19.5. The van der Waals surface area contributed by atoms with Crippen molar-refractivity contribution in [3.63, 3.8) is 0 Å². The van der Waals surface area contributed by atoms with E-state index < -0.39 is 10.0 Å². The normalized spacial score (nSPS) is 11.2. The lowest BCUT2D eigenvalue weighted by Gasteiger charge is -2.25. The fourth-order valence-corrected chi connectivity index (χ4v) is 5.30. The van der Waals surface area contributed by atoms with Gasteiger partial charge in [0.1, 0.15) is 11.5 Å². The Bertz CT molecular complexity index is 1390. The monoisotopic (exact) mass is 504 g/mol. The van der Waals surface area contributed by atoms with Crippen LogP contribution in [0.2, 0.25) is 0 Å². The Morgan fingerprint density at radius 1 is 0.806 bits per heavy atom. The minimum atomic E-state index is -3.96. The molecule has 184 valence electrons. The Hall–Kier alpha value is -3.88. The molecule has 0 saturated carbocycles. The van der Waals surface area contributed by atoms with Crippen LogP contribution in [0.1, 0.15) is 12.0 Å². The molecule has 0 aromatic heterocycles. The highest BCUT2D eigenvalue weighted by atomic mass is 32.2. The van der Waals surface area contributed by atoms with Gasteiger partial charge in [-0.2, -0.15) is 0 Å². The number of rotatable bonds is 11. The standard InChI is InChI=1S/C28H25FN2O4S/c29-25-12-10-23(11-13-25)24-8-4-9-28(20-24)36(33,34)31(27-16-14-26(30-32)15-17-27)18-5-19-35-21-22-6-2-1-3-7-22/h1-4,6-17,20H,5,18-19,21H2. The van der Waals surface area contributed by atoms with Gasteiger partial charge in [-0.15, -0.1) is 4.91 Å². The predicted molar refractivity (Wildman–Crippen MR) is 139 cm³/mol. The second kappa shape index (κ2) is 11.7. The van der Waals surface area contributed by atoms with Crippen LogP contribution in [0, 0.1) is 10.7 Å². The van der Waals surface area contributed by atoms with Crippen LogP contribution in [0.25, 0.3) is 11.1 Å². The highest BCUT2D eigenvalue weighted by Crippen LogP contribution is 2.29. The van der Waals surface area contributed by atoms with E-state index in [1.54, 1.807) is 42.5 Å². The summed E-state index contributed by atoms with van der Waals surface area (Å²) >= 11 is 0. The molecule has 6 nitrogen and oxygen atoms in total. The number of anilines is 1. The quantitative estimate of drug-likeness (QED) is 0.168. The van der Waals surface area contributed by atoms with Crippen molar-refractivity contribution in [2.24, 2.45) is 5.18 Å². The van der Waals surface area contributed by atoms with Gasteiger partial charge in [0.2, 0.25) is 0 Å². The molecule has 36 heavy (non-hydrogen) atoms. The van der Waals surface area contributed by atoms with Gasteiger partial charge in [-0.25, -0.2) is 12.8 Å². The second-order valence-electron chi connectivity index (χ2n) is 8.11. The molecule has 0 aliphatic carbocycles. The van der Waals surface area contributed by atoms with Crippen LogP contribution in [0.4, 0.5) is 15.8 Å². The van der Waals surface area contributed by atoms with Gasteiger partial charge in [0.25, 0.3) is 10.0 Å². The van der Waals surface area contributed by atoms with E-state index in [1.165, 1.54) is 34.6 Å². The first kappa shape index (κ1) is 25.2. The van der Waals surface area contributed by atoms with Crippen molar-refractivity contribution in [3.05, 3.63) is 119 Å². The van der Waals surface area contributed by atoms with E-state index >= 15 is 0 Å². The van der Waals surface area contributed by atoms with Gasteiger partial charge in [-0.05, 0) is 76.8 Å². The maximum absolute atomic E-state index is 13.8. The third kappa shape index (κ3) is 6.21. The fraction of sp³-hybridized carbons (Fsp3) is 0.143. The van der Waals surface area contributed by atoms with Crippen molar-refractivity contribution in [3.8, 4) is 11.1 Å². The molecule has 0 atom stereocenters. The molecule has 0 unspecified atom stereocenters. The first-order chi connectivity index (χ1) is 17.5. The average molecular weight is 505 g/mol. The fourth-order valence-electron chi connectivity index (χ4n) is 3.75. The summed E-state index contributed by atoms with van der Waals surface area (Å²) in [5, 5.41) is 2.89. The van der Waals surface area contributed by atoms with E-state index in [-0.39, 0.29) is 22.9 Å². The van der Waals surface area contributed by atoms with E-state index in [0.717, 1.165) is 5.56 Å². The van der Waals surface area contributed by atoms with Crippen molar-refractivity contribution in [2.75, 3.05) is 17.5 Å². The first-order valence-electron chi connectivity index (χ1n) is 11.4. The topological polar surface area (TPSA) is 76.0 Å². The number of halogens is 1. The van der Waals surface area contributed by atoms with Crippen LogP contribution in [0.3, 0.4) is 0 Å². The van der Waals surface area contributed by atoms with Crippen LogP contribution in [0.5, 0.6) is 0 Å². The van der Waals surface area contributed by atoms with Crippen LogP contribution in [0.15, 0.2) is 113 Å². The lowest BCUT2D eigenvalue weighted by atomic mass is 10.1. The van der Waals surface area contributed by atoms with E-state index in [4.69, 9.17) is 4.74 Å². The molecule has 0 bridgehead atoms. The minimum absolute atomic E-state index is 0.104. The summed E-state index contributed by atoms with van der Waals surface area (Å²) in [7, 11) is -3.96. The molecule has 8 heteroatoms. The number of sulfonamides is 1. The van der Waals surface area contributed by atoms with Crippen LogP contribution < -0.4 is 4.31 Å². The Morgan fingerprint density at radius 2 is 1.53 bits per heavy atom. The second-order valence-corrected chi connectivity index (χ2v) is 9.97. The van der Waals surface area contributed by atoms with E-state index in [1.807, 2.05) is 30.3 Å². The van der Waals surface area contributed by atoms with E-state index in [9.17, 15) is 17.7 Å². The minimum Gasteiger partial charge on any atom is -0.377 e. The molecular formula is C28H25FN2O4S. The van der Waals surface area contributed by atoms with Gasteiger partial charge in [-0.1, -0.05) is 54.6 Å². The summed E-state index contributed by atoms with van der Waals surface area (Å²) in [5.41, 5.74) is 3.02. The third-order valence-electron chi connectivity index (χ3n) is 5.60. The van der Waals surface area contributed by atoms with Crippen LogP contribution in [-0.2, 0) is 21.4 Å². The zero-order chi connectivity index (χ0) is 25.4. The Kier molecular flexibility index (Phi) is 8.20. The lowest BCUT2D eigenvalue weighted by molar-refractivity contribution is 0.120. The van der Waals surface area contributed by atoms with Crippen LogP contribution >= 0.6 is 0 Å². The molecule has 0 aliphatic heterocycles. The molecule has 0 radical (unpaired) electrons. The maximum atomic E-state index is 13.8. The lowest BCUT2D eigenvalue weighted by Crippen LogP contribution is -2.32. The molecule has 0 amide bonds. The number of hydrogen-bond donors (Lipinski definition) is 0. The van der Waals surface area contributed by atoms with Crippen molar-refractivity contribution in [1.82, 2.24) is 0 Å². The van der Waals surface area contributed by atoms with Crippen molar-refractivity contribution in [2.45, 2.75) is 17.9 Å². The summed E-state index contributed by atoms with van der Waals surface area (Å²) in [4.78, 5) is 10.9. The molecular weight excluding hydrogens is 479 g/mol. The van der Waals surface area contributed by atoms with E-state index in [0.29, 0.717) is 36.4 Å². The molecule has 0 spiro atoms. The largest absolute Gasteiger partial charge is 0.377 e. The van der Waals surface area contributed by atoms with E-state index in [2.05, 4.69) is 5.18 Å². The van der Waals surface area contributed by atoms with Gasteiger partial charge in [0.05, 0.1) is 17.2 Å². The highest BCUT2D eigenvalue weighted by molar-refractivity contribution is 7.92. The van der Waals surface area contributed by atoms with Crippen molar-refractivity contribution < 1.29 is 17.5 Å². The summed E-state index contributed by atoms with van der Waals surface area (Å²) < 4.78 is 47.9. The third-order valence-corrected chi connectivity index (χ3v) is 7.43. The van der Waals surface area contributed by atoms with Gasteiger partial charge < -0.3 is 4.74 Å². The highest BCUT2D eigenvalue weighted by Gasteiger charge is 2.25.